The van der Waals surface area contributed by atoms with Gasteiger partial charge in [-0.1, -0.05) is 19.3 Å². The molecular weight excluding hydrogens is 214 g/mol. The van der Waals surface area contributed by atoms with Gasteiger partial charge in [-0.25, -0.2) is 0 Å². The van der Waals surface area contributed by atoms with Crippen LogP contribution in [-0.2, 0) is 4.79 Å². The first-order chi connectivity index (χ1) is 8.24. The summed E-state index contributed by atoms with van der Waals surface area (Å²) < 4.78 is 0. The largest absolute Gasteiger partial charge is 0.344 e. The van der Waals surface area contributed by atoms with Gasteiger partial charge in [0.05, 0.1) is 19.0 Å². The highest BCUT2D eigenvalue weighted by Gasteiger charge is 2.14. The van der Waals surface area contributed by atoms with Crippen molar-refractivity contribution in [1.29, 1.82) is 5.26 Å². The normalized spacial score (nSPS) is 17.9. The first-order valence-corrected chi connectivity index (χ1v) is 6.57. The summed E-state index contributed by atoms with van der Waals surface area (Å²) in [6, 6.07) is 2.07. The third kappa shape index (κ3) is 5.69. The van der Waals surface area contributed by atoms with Gasteiger partial charge >= 0.3 is 0 Å². The molecule has 1 saturated heterocycles. The van der Waals surface area contributed by atoms with Crippen molar-refractivity contribution < 1.29 is 4.79 Å². The van der Waals surface area contributed by atoms with E-state index in [1.165, 1.54) is 32.1 Å². The smallest absolute Gasteiger partial charge is 0.236 e. The molecule has 0 aromatic rings. The number of carbonyl (C=O) groups excluding carboxylic acids is 1. The fourth-order valence-corrected chi connectivity index (χ4v) is 2.13. The highest BCUT2D eigenvalue weighted by Crippen LogP contribution is 2.10. The van der Waals surface area contributed by atoms with Crippen molar-refractivity contribution in [3.05, 3.63) is 0 Å². The molecule has 1 heterocycles. The van der Waals surface area contributed by atoms with Crippen molar-refractivity contribution in [3.63, 3.8) is 0 Å². The van der Waals surface area contributed by atoms with E-state index in [0.717, 1.165) is 13.1 Å². The molecular formula is C13H23N3O. The number of carbonyl (C=O) groups is 1. The Morgan fingerprint density at radius 1 is 1.24 bits per heavy atom. The molecule has 1 aliphatic heterocycles. The van der Waals surface area contributed by atoms with E-state index in [2.05, 4.69) is 11.0 Å². The van der Waals surface area contributed by atoms with Crippen molar-refractivity contribution in [3.8, 4) is 6.07 Å². The van der Waals surface area contributed by atoms with E-state index in [1.807, 2.05) is 0 Å². The van der Waals surface area contributed by atoms with Gasteiger partial charge < -0.3 is 4.90 Å². The molecule has 1 fully saturated rings. The van der Waals surface area contributed by atoms with Crippen LogP contribution < -0.4 is 0 Å². The molecule has 0 spiro atoms. The SMILES string of the molecule is CN(CCC#N)C(=O)CN1CCCCCCC1. The fraction of sp³-hybridized carbons (Fsp3) is 0.846. The molecule has 0 atom stereocenters. The van der Waals surface area contributed by atoms with Crippen molar-refractivity contribution in [2.45, 2.75) is 38.5 Å². The molecule has 0 bridgehead atoms. The average Bonchev–Trinajstić information content (AvgIpc) is 2.29. The Kier molecular flexibility index (Phi) is 6.64. The first kappa shape index (κ1) is 14.0. The van der Waals surface area contributed by atoms with Gasteiger partial charge in [0.25, 0.3) is 0 Å². The molecule has 0 saturated carbocycles. The van der Waals surface area contributed by atoms with Gasteiger partial charge in [-0.05, 0) is 25.9 Å². The number of nitriles is 1. The molecule has 0 N–H and O–H groups in total. The lowest BCUT2D eigenvalue weighted by Crippen LogP contribution is -2.40. The molecule has 0 unspecified atom stereocenters. The predicted octanol–water partition coefficient (Wildman–Crippen LogP) is 1.62. The molecule has 1 amide bonds. The van der Waals surface area contributed by atoms with Crippen LogP contribution in [0.1, 0.15) is 38.5 Å². The van der Waals surface area contributed by atoms with E-state index in [9.17, 15) is 4.79 Å². The monoisotopic (exact) mass is 237 g/mol. The summed E-state index contributed by atoms with van der Waals surface area (Å²) in [5, 5.41) is 8.49. The Bertz CT molecular complexity index is 264. The Morgan fingerprint density at radius 2 is 1.82 bits per heavy atom. The lowest BCUT2D eigenvalue weighted by atomic mass is 10.1. The summed E-state index contributed by atoms with van der Waals surface area (Å²) in [5.74, 6) is 0.140. The summed E-state index contributed by atoms with van der Waals surface area (Å²) in [4.78, 5) is 15.8. The topological polar surface area (TPSA) is 47.3 Å². The van der Waals surface area contributed by atoms with Crippen molar-refractivity contribution in [2.24, 2.45) is 0 Å². The zero-order chi connectivity index (χ0) is 12.5. The summed E-state index contributed by atoms with van der Waals surface area (Å²) in [6.07, 6.45) is 6.74. The van der Waals surface area contributed by atoms with E-state index in [1.54, 1.807) is 11.9 Å². The van der Waals surface area contributed by atoms with Gasteiger partial charge in [0.2, 0.25) is 5.91 Å². The maximum Gasteiger partial charge on any atom is 0.236 e. The van der Waals surface area contributed by atoms with E-state index in [-0.39, 0.29) is 5.91 Å². The molecule has 4 nitrogen and oxygen atoms in total. The second kappa shape index (κ2) is 8.08. The predicted molar refractivity (Wildman–Crippen MR) is 67.4 cm³/mol. The minimum atomic E-state index is 0.140. The van der Waals surface area contributed by atoms with Gasteiger partial charge in [0, 0.05) is 13.6 Å². The Hall–Kier alpha value is -1.08. The fourth-order valence-electron chi connectivity index (χ4n) is 2.13. The van der Waals surface area contributed by atoms with Gasteiger partial charge in [-0.3, -0.25) is 9.69 Å². The number of rotatable bonds is 4. The summed E-state index contributed by atoms with van der Waals surface area (Å²) in [6.45, 7) is 3.14. The van der Waals surface area contributed by atoms with Crippen LogP contribution >= 0.6 is 0 Å². The first-order valence-electron chi connectivity index (χ1n) is 6.57. The summed E-state index contributed by atoms with van der Waals surface area (Å²) in [5.41, 5.74) is 0. The van der Waals surface area contributed by atoms with Crippen LogP contribution in [0.15, 0.2) is 0 Å². The molecule has 0 radical (unpaired) electrons. The molecule has 1 aliphatic rings. The maximum absolute atomic E-state index is 11.9. The zero-order valence-corrected chi connectivity index (χ0v) is 10.8. The maximum atomic E-state index is 11.9. The third-order valence-electron chi connectivity index (χ3n) is 3.29. The molecule has 96 valence electrons. The van der Waals surface area contributed by atoms with Gasteiger partial charge in [-0.15, -0.1) is 0 Å². The zero-order valence-electron chi connectivity index (χ0n) is 10.8. The van der Waals surface area contributed by atoms with Crippen LogP contribution in [0.3, 0.4) is 0 Å². The van der Waals surface area contributed by atoms with E-state index < -0.39 is 0 Å². The van der Waals surface area contributed by atoms with Crippen molar-refractivity contribution in [1.82, 2.24) is 9.80 Å². The highest BCUT2D eigenvalue weighted by atomic mass is 16.2. The number of hydrogen-bond acceptors (Lipinski definition) is 3. The Labute approximate surface area is 104 Å². The second-order valence-electron chi connectivity index (χ2n) is 4.77. The van der Waals surface area contributed by atoms with E-state index in [0.29, 0.717) is 19.5 Å². The standard InChI is InChI=1S/C13H23N3O/c1-15(9-7-8-14)13(17)12-16-10-5-3-2-4-6-11-16/h2-7,9-12H2,1H3. The number of likely N-dealkylation sites (N-methyl/N-ethyl adjacent to an activating group) is 1. The van der Waals surface area contributed by atoms with Gasteiger partial charge in [-0.2, -0.15) is 5.26 Å². The number of nitrogens with zero attached hydrogens (tertiary/aromatic N) is 3. The van der Waals surface area contributed by atoms with E-state index >= 15 is 0 Å². The lowest BCUT2D eigenvalue weighted by Gasteiger charge is -2.26. The molecule has 1 rings (SSSR count). The lowest BCUT2D eigenvalue weighted by molar-refractivity contribution is -0.131. The summed E-state index contributed by atoms with van der Waals surface area (Å²) in [7, 11) is 1.78. The van der Waals surface area contributed by atoms with Crippen molar-refractivity contribution >= 4 is 5.91 Å². The molecule has 0 aromatic heterocycles. The van der Waals surface area contributed by atoms with Crippen LogP contribution in [0.4, 0.5) is 0 Å². The highest BCUT2D eigenvalue weighted by molar-refractivity contribution is 5.77. The van der Waals surface area contributed by atoms with Crippen LogP contribution in [0.5, 0.6) is 0 Å². The van der Waals surface area contributed by atoms with E-state index in [4.69, 9.17) is 5.26 Å². The minimum absolute atomic E-state index is 0.140. The quantitative estimate of drug-likeness (QED) is 0.746. The summed E-state index contributed by atoms with van der Waals surface area (Å²) >= 11 is 0. The van der Waals surface area contributed by atoms with Crippen LogP contribution in [0.25, 0.3) is 0 Å². The third-order valence-corrected chi connectivity index (χ3v) is 3.29. The van der Waals surface area contributed by atoms with Gasteiger partial charge in [0.15, 0.2) is 0 Å². The Balaban J connectivity index is 2.30. The molecule has 17 heavy (non-hydrogen) atoms. The number of likely N-dealkylation sites (tertiary alicyclic amines) is 1. The Morgan fingerprint density at radius 3 is 2.41 bits per heavy atom. The number of hydrogen-bond donors (Lipinski definition) is 0. The minimum Gasteiger partial charge on any atom is -0.344 e. The number of amides is 1. The van der Waals surface area contributed by atoms with Crippen LogP contribution in [-0.4, -0.2) is 48.9 Å². The van der Waals surface area contributed by atoms with Crippen LogP contribution in [0.2, 0.25) is 0 Å². The molecule has 0 aliphatic carbocycles. The molecule has 4 heteroatoms. The van der Waals surface area contributed by atoms with Gasteiger partial charge in [0.1, 0.15) is 0 Å². The van der Waals surface area contributed by atoms with Crippen LogP contribution in [0, 0.1) is 11.3 Å². The molecule has 0 aromatic carbocycles. The van der Waals surface area contributed by atoms with Crippen molar-refractivity contribution in [2.75, 3.05) is 33.2 Å². The second-order valence-corrected chi connectivity index (χ2v) is 4.77. The average molecular weight is 237 g/mol.